The van der Waals surface area contributed by atoms with E-state index in [-0.39, 0.29) is 0 Å². The maximum atomic E-state index is 6.15. The molecule has 7 aromatic rings. The van der Waals surface area contributed by atoms with Gasteiger partial charge in [-0.05, 0) is 88.7 Å². The molecule has 0 bridgehead atoms. The number of hydrogen-bond acceptors (Lipinski definition) is 2. The first-order valence-corrected chi connectivity index (χ1v) is 14.0. The number of thiophene rings is 1. The van der Waals surface area contributed by atoms with Gasteiger partial charge in [-0.25, -0.2) is 0 Å². The molecule has 0 amide bonds. The van der Waals surface area contributed by atoms with Crippen LogP contribution in [0.1, 0.15) is 18.4 Å². The molecule has 180 valence electrons. The summed E-state index contributed by atoms with van der Waals surface area (Å²) in [7, 11) is 0. The highest BCUT2D eigenvalue weighted by atomic mass is 32.1. The molecule has 0 N–H and O–H groups in total. The molecule has 38 heavy (non-hydrogen) atoms. The zero-order chi connectivity index (χ0) is 25.1. The van der Waals surface area contributed by atoms with Crippen LogP contribution in [0.15, 0.2) is 126 Å². The van der Waals surface area contributed by atoms with E-state index >= 15 is 0 Å². The van der Waals surface area contributed by atoms with Crippen molar-refractivity contribution in [3.63, 3.8) is 0 Å². The molecule has 0 aliphatic heterocycles. The fraction of sp³-hybridized carbons (Fsp3) is 0.0556. The van der Waals surface area contributed by atoms with Crippen molar-refractivity contribution >= 4 is 59.0 Å². The summed E-state index contributed by atoms with van der Waals surface area (Å²) in [6.45, 7) is 0. The third-order valence-corrected chi connectivity index (χ3v) is 8.90. The molecule has 0 saturated carbocycles. The molecule has 2 aromatic heterocycles. The summed E-state index contributed by atoms with van der Waals surface area (Å²) in [5.74, 6) is 0. The maximum Gasteiger partial charge on any atom is 0.136 e. The van der Waals surface area contributed by atoms with Gasteiger partial charge in [-0.2, -0.15) is 0 Å². The number of hydrogen-bond donors (Lipinski definition) is 0. The minimum absolute atomic E-state index is 0.931. The Hall–Kier alpha value is -4.40. The number of allylic oxidation sites excluding steroid dienone is 4. The topological polar surface area (TPSA) is 13.1 Å². The van der Waals surface area contributed by atoms with Crippen molar-refractivity contribution in [1.29, 1.82) is 0 Å². The minimum Gasteiger partial charge on any atom is -0.456 e. The van der Waals surface area contributed by atoms with Crippen LogP contribution in [0, 0.1) is 0 Å². The summed E-state index contributed by atoms with van der Waals surface area (Å²) in [6, 6.07) is 37.5. The largest absolute Gasteiger partial charge is 0.456 e. The lowest BCUT2D eigenvalue weighted by Gasteiger charge is -2.09. The first-order chi connectivity index (χ1) is 18.8. The molecule has 0 fully saturated rings. The van der Waals surface area contributed by atoms with Crippen molar-refractivity contribution in [2.45, 2.75) is 12.8 Å². The van der Waals surface area contributed by atoms with Gasteiger partial charge in [0.25, 0.3) is 0 Å². The van der Waals surface area contributed by atoms with Crippen LogP contribution in [-0.4, -0.2) is 0 Å². The van der Waals surface area contributed by atoms with Gasteiger partial charge in [0.05, 0.1) is 0 Å². The van der Waals surface area contributed by atoms with E-state index in [4.69, 9.17) is 4.42 Å². The van der Waals surface area contributed by atoms with Crippen molar-refractivity contribution in [3.8, 4) is 22.3 Å². The van der Waals surface area contributed by atoms with E-state index in [0.717, 1.165) is 29.4 Å². The van der Waals surface area contributed by atoms with Crippen molar-refractivity contribution in [1.82, 2.24) is 0 Å². The normalized spacial score (nSPS) is 13.6. The van der Waals surface area contributed by atoms with Gasteiger partial charge in [0.1, 0.15) is 11.2 Å². The maximum absolute atomic E-state index is 6.15. The van der Waals surface area contributed by atoms with E-state index in [1.54, 1.807) is 0 Å². The Bertz CT molecular complexity index is 2080. The third-order valence-electron chi connectivity index (χ3n) is 7.76. The highest BCUT2D eigenvalue weighted by molar-refractivity contribution is 7.25. The second-order valence-electron chi connectivity index (χ2n) is 10.1. The molecular weight excluding hydrogens is 480 g/mol. The van der Waals surface area contributed by atoms with E-state index in [1.165, 1.54) is 58.9 Å². The SMILES string of the molecule is C1=CCCC(c2ccc3sc4cc(-c5cccc(-c6ccc7c(c6)oc6ccccc67)c5)ccc4c3c2)=C1. The highest BCUT2D eigenvalue weighted by Gasteiger charge is 2.12. The summed E-state index contributed by atoms with van der Waals surface area (Å²) in [5, 5.41) is 5.03. The Morgan fingerprint density at radius 2 is 1.29 bits per heavy atom. The quantitative estimate of drug-likeness (QED) is 0.233. The van der Waals surface area contributed by atoms with Crippen LogP contribution in [0.2, 0.25) is 0 Å². The van der Waals surface area contributed by atoms with Gasteiger partial charge >= 0.3 is 0 Å². The molecule has 2 heteroatoms. The van der Waals surface area contributed by atoms with Gasteiger partial charge in [0.15, 0.2) is 0 Å². The van der Waals surface area contributed by atoms with Crippen molar-refractivity contribution in [3.05, 3.63) is 127 Å². The van der Waals surface area contributed by atoms with Gasteiger partial charge in [-0.15, -0.1) is 11.3 Å². The van der Waals surface area contributed by atoms with Gasteiger partial charge in [0, 0.05) is 30.9 Å². The fourth-order valence-corrected chi connectivity index (χ4v) is 6.91. The van der Waals surface area contributed by atoms with Crippen molar-refractivity contribution in [2.24, 2.45) is 0 Å². The predicted molar refractivity (Wildman–Crippen MR) is 164 cm³/mol. The third kappa shape index (κ3) is 3.53. The summed E-state index contributed by atoms with van der Waals surface area (Å²) in [4.78, 5) is 0. The van der Waals surface area contributed by atoms with Crippen molar-refractivity contribution in [2.75, 3.05) is 0 Å². The minimum atomic E-state index is 0.931. The standard InChI is InChI=1S/C36H24OS/c1-2-7-23(8-3-1)26-15-18-35-32(20-26)31-17-14-28(22-36(31)38-35)25-10-6-9-24(19-25)27-13-16-30-29-11-4-5-12-33(29)37-34(30)21-27/h1-2,4-7,9-22H,3,8H2. The molecule has 0 radical (unpaired) electrons. The Morgan fingerprint density at radius 1 is 0.526 bits per heavy atom. The molecular formula is C36H24OS. The summed E-state index contributed by atoms with van der Waals surface area (Å²) in [6.07, 6.45) is 8.94. The van der Waals surface area contributed by atoms with E-state index in [1.807, 2.05) is 23.5 Å². The van der Waals surface area contributed by atoms with Crippen LogP contribution < -0.4 is 0 Å². The molecule has 0 saturated heterocycles. The molecule has 1 nitrogen and oxygen atoms in total. The average molecular weight is 505 g/mol. The first-order valence-electron chi connectivity index (χ1n) is 13.1. The lowest BCUT2D eigenvalue weighted by Crippen LogP contribution is -1.87. The Labute approximate surface area is 225 Å². The molecule has 0 atom stereocenters. The molecule has 0 unspecified atom stereocenters. The van der Waals surface area contributed by atoms with Gasteiger partial charge in [-0.1, -0.05) is 78.9 Å². The summed E-state index contributed by atoms with van der Waals surface area (Å²) >= 11 is 1.88. The monoisotopic (exact) mass is 504 g/mol. The number of fused-ring (bicyclic) bond motifs is 6. The van der Waals surface area contributed by atoms with Crippen LogP contribution >= 0.6 is 11.3 Å². The second kappa shape index (κ2) is 8.58. The van der Waals surface area contributed by atoms with Gasteiger partial charge in [-0.3, -0.25) is 0 Å². The van der Waals surface area contributed by atoms with Crippen LogP contribution in [0.3, 0.4) is 0 Å². The van der Waals surface area contributed by atoms with Gasteiger partial charge < -0.3 is 4.42 Å². The molecule has 8 rings (SSSR count). The first kappa shape index (κ1) is 21.7. The molecule has 1 aliphatic carbocycles. The predicted octanol–water partition coefficient (Wildman–Crippen LogP) is 11.0. The average Bonchev–Trinajstić information content (AvgIpc) is 3.54. The Balaban J connectivity index is 1.18. The zero-order valence-corrected chi connectivity index (χ0v) is 21.6. The van der Waals surface area contributed by atoms with Crippen LogP contribution in [0.25, 0.3) is 69.9 Å². The van der Waals surface area contributed by atoms with Crippen molar-refractivity contribution < 1.29 is 4.42 Å². The molecule has 5 aromatic carbocycles. The van der Waals surface area contributed by atoms with Crippen LogP contribution in [-0.2, 0) is 0 Å². The summed E-state index contributed by atoms with van der Waals surface area (Å²) in [5.41, 5.74) is 9.48. The fourth-order valence-electron chi connectivity index (χ4n) is 5.78. The second-order valence-corrected chi connectivity index (χ2v) is 11.2. The van der Waals surface area contributed by atoms with Crippen LogP contribution in [0.4, 0.5) is 0 Å². The van der Waals surface area contributed by atoms with E-state index in [2.05, 4.69) is 109 Å². The summed E-state index contributed by atoms with van der Waals surface area (Å²) < 4.78 is 8.83. The number of rotatable bonds is 3. The Morgan fingerprint density at radius 3 is 2.16 bits per heavy atom. The van der Waals surface area contributed by atoms with E-state index in [0.29, 0.717) is 0 Å². The lowest BCUT2D eigenvalue weighted by molar-refractivity contribution is 0.669. The van der Waals surface area contributed by atoms with E-state index in [9.17, 15) is 0 Å². The van der Waals surface area contributed by atoms with E-state index < -0.39 is 0 Å². The number of furan rings is 1. The molecule has 2 heterocycles. The lowest BCUT2D eigenvalue weighted by atomic mass is 9.95. The van der Waals surface area contributed by atoms with Gasteiger partial charge in [0.2, 0.25) is 0 Å². The van der Waals surface area contributed by atoms with Crippen LogP contribution in [0.5, 0.6) is 0 Å². The zero-order valence-electron chi connectivity index (χ0n) is 20.8. The number of benzene rings is 5. The highest BCUT2D eigenvalue weighted by Crippen LogP contribution is 2.39. The molecule has 0 spiro atoms. The Kier molecular flexibility index (Phi) is 4.89. The number of para-hydroxylation sites is 1. The smallest absolute Gasteiger partial charge is 0.136 e. The molecule has 1 aliphatic rings.